The first-order valence-corrected chi connectivity index (χ1v) is 15.8. The number of amides is 2. The molecule has 228 valence electrons. The zero-order chi connectivity index (χ0) is 30.4. The molecule has 3 aliphatic heterocycles. The number of rotatable bonds is 5. The lowest BCUT2D eigenvalue weighted by molar-refractivity contribution is 0.0727. The van der Waals surface area contributed by atoms with Crippen LogP contribution in [0.4, 0.5) is 10.1 Å². The number of hydrogen-bond donors (Lipinski definition) is 1. The number of halogens is 2. The van der Waals surface area contributed by atoms with Crippen LogP contribution in [0.2, 0.25) is 5.02 Å². The zero-order valence-corrected chi connectivity index (χ0v) is 26.2. The molecule has 6 rings (SSSR count). The lowest BCUT2D eigenvalue weighted by Gasteiger charge is -2.35. The van der Waals surface area contributed by atoms with E-state index >= 15 is 4.39 Å². The van der Waals surface area contributed by atoms with Crippen LogP contribution in [0.3, 0.4) is 0 Å². The largest absolute Gasteiger partial charge is 0.422 e. The lowest BCUT2D eigenvalue weighted by atomic mass is 9.92. The Morgan fingerprint density at radius 1 is 1.00 bits per heavy atom. The van der Waals surface area contributed by atoms with Crippen LogP contribution >= 0.6 is 23.7 Å². The van der Waals surface area contributed by atoms with E-state index in [1.807, 2.05) is 18.2 Å². The first kappa shape index (κ1) is 29.9. The molecule has 1 aromatic heterocycles. The minimum absolute atomic E-state index is 0.00307. The fraction of sp³-hybridized carbons (Fsp3) is 0.452. The van der Waals surface area contributed by atoms with Crippen LogP contribution in [-0.2, 0) is 13.0 Å². The Morgan fingerprint density at radius 2 is 1.70 bits per heavy atom. The monoisotopic (exact) mass is 627 g/mol. The number of aryl methyl sites for hydroxylation is 2. The van der Waals surface area contributed by atoms with E-state index in [4.69, 9.17) is 16.0 Å². The van der Waals surface area contributed by atoms with Crippen molar-refractivity contribution in [2.24, 2.45) is 0 Å². The van der Waals surface area contributed by atoms with Crippen LogP contribution in [-0.4, -0.2) is 78.8 Å². The zero-order valence-electron chi connectivity index (χ0n) is 24.6. The summed E-state index contributed by atoms with van der Waals surface area (Å²) in [6.07, 6.45) is 2.55. The summed E-state index contributed by atoms with van der Waals surface area (Å²) in [4.78, 5) is 45.5. The van der Waals surface area contributed by atoms with Crippen molar-refractivity contribution < 1.29 is 18.4 Å². The smallest absolute Gasteiger partial charge is 0.341 e. The SMILES string of the molecule is Cc1c(N2CCN(C)CC2)cc(C)c2c3c(c(=O)oc12)CN(C(=O)c1ccc(C(=O)NSN2CCCC2)c(Cl)c1F)CC3. The van der Waals surface area contributed by atoms with Gasteiger partial charge in [-0.2, -0.15) is 0 Å². The highest BCUT2D eigenvalue weighted by Gasteiger charge is 2.31. The average molecular weight is 628 g/mol. The van der Waals surface area contributed by atoms with Gasteiger partial charge < -0.3 is 19.1 Å². The van der Waals surface area contributed by atoms with Crippen LogP contribution in [0.5, 0.6) is 0 Å². The summed E-state index contributed by atoms with van der Waals surface area (Å²) < 4.78 is 26.0. The van der Waals surface area contributed by atoms with E-state index in [1.54, 1.807) is 0 Å². The number of fused-ring (bicyclic) bond motifs is 3. The molecule has 0 atom stereocenters. The maximum atomic E-state index is 15.4. The van der Waals surface area contributed by atoms with Crippen molar-refractivity contribution in [3.63, 3.8) is 0 Å². The third-order valence-corrected chi connectivity index (χ3v) is 10.1. The molecule has 0 saturated carbocycles. The molecular weight excluding hydrogens is 593 g/mol. The van der Waals surface area contributed by atoms with Crippen molar-refractivity contribution in [2.45, 2.75) is 39.7 Å². The highest BCUT2D eigenvalue weighted by atomic mass is 35.5. The summed E-state index contributed by atoms with van der Waals surface area (Å²) in [6.45, 7) is 9.78. The van der Waals surface area contributed by atoms with E-state index in [0.29, 0.717) is 24.1 Å². The van der Waals surface area contributed by atoms with Gasteiger partial charge in [0.05, 0.1) is 28.3 Å². The Labute approximate surface area is 259 Å². The Morgan fingerprint density at radius 3 is 2.42 bits per heavy atom. The Kier molecular flexibility index (Phi) is 8.43. The quantitative estimate of drug-likeness (QED) is 0.326. The summed E-state index contributed by atoms with van der Waals surface area (Å²) in [5.74, 6) is -2.08. The molecule has 0 spiro atoms. The van der Waals surface area contributed by atoms with Crippen molar-refractivity contribution in [1.82, 2.24) is 18.8 Å². The van der Waals surface area contributed by atoms with Gasteiger partial charge in [0.25, 0.3) is 11.8 Å². The number of carbonyl (C=O) groups excluding carboxylic acids is 2. The Balaban J connectivity index is 1.24. The molecule has 0 bridgehead atoms. The van der Waals surface area contributed by atoms with E-state index < -0.39 is 28.3 Å². The number of anilines is 1. The van der Waals surface area contributed by atoms with Crippen LogP contribution in [0, 0.1) is 19.7 Å². The highest BCUT2D eigenvalue weighted by Crippen LogP contribution is 2.36. The number of nitrogens with zero attached hydrogens (tertiary/aromatic N) is 4. The summed E-state index contributed by atoms with van der Waals surface area (Å²) >= 11 is 7.43. The third kappa shape index (κ3) is 5.63. The molecule has 12 heteroatoms. The average Bonchev–Trinajstić information content (AvgIpc) is 3.53. The van der Waals surface area contributed by atoms with E-state index in [0.717, 1.165) is 79.9 Å². The normalized spacial score (nSPS) is 17.9. The van der Waals surface area contributed by atoms with Crippen LogP contribution in [0.25, 0.3) is 11.0 Å². The van der Waals surface area contributed by atoms with Gasteiger partial charge in [-0.25, -0.2) is 13.5 Å². The molecule has 0 unspecified atom stereocenters. The maximum Gasteiger partial charge on any atom is 0.341 e. The van der Waals surface area contributed by atoms with Crippen molar-refractivity contribution in [1.29, 1.82) is 0 Å². The molecule has 4 heterocycles. The number of hydrogen-bond acceptors (Lipinski definition) is 8. The van der Waals surface area contributed by atoms with Gasteiger partial charge in [0.1, 0.15) is 5.58 Å². The van der Waals surface area contributed by atoms with Gasteiger partial charge in [-0.15, -0.1) is 0 Å². The second kappa shape index (κ2) is 12.1. The maximum absolute atomic E-state index is 15.4. The molecule has 9 nitrogen and oxygen atoms in total. The number of benzene rings is 2. The summed E-state index contributed by atoms with van der Waals surface area (Å²) in [5.41, 5.74) is 4.13. The van der Waals surface area contributed by atoms with Gasteiger partial charge in [0, 0.05) is 74.6 Å². The van der Waals surface area contributed by atoms with E-state index in [2.05, 4.69) is 27.6 Å². The molecule has 1 N–H and O–H groups in total. The van der Waals surface area contributed by atoms with Crippen LogP contribution in [0.15, 0.2) is 27.4 Å². The Bertz CT molecular complexity index is 1670. The van der Waals surface area contributed by atoms with Crippen LogP contribution < -0.4 is 15.2 Å². The van der Waals surface area contributed by atoms with Crippen molar-refractivity contribution in [3.8, 4) is 0 Å². The fourth-order valence-corrected chi connectivity index (χ4v) is 7.32. The van der Waals surface area contributed by atoms with Crippen LogP contribution in [0.1, 0.15) is 55.8 Å². The summed E-state index contributed by atoms with van der Waals surface area (Å²) in [6, 6.07) is 4.81. The molecule has 3 aliphatic rings. The number of nitrogens with one attached hydrogen (secondary N) is 1. The molecule has 2 amide bonds. The third-order valence-electron chi connectivity index (χ3n) is 8.81. The number of piperazine rings is 1. The van der Waals surface area contributed by atoms with Crippen molar-refractivity contribution in [2.75, 3.05) is 57.8 Å². The molecule has 0 radical (unpaired) electrons. The summed E-state index contributed by atoms with van der Waals surface area (Å²) in [7, 11) is 2.11. The molecule has 2 aromatic carbocycles. The molecule has 43 heavy (non-hydrogen) atoms. The summed E-state index contributed by atoms with van der Waals surface area (Å²) in [5, 5.41) is 0.504. The van der Waals surface area contributed by atoms with E-state index in [9.17, 15) is 14.4 Å². The van der Waals surface area contributed by atoms with Gasteiger partial charge >= 0.3 is 5.63 Å². The number of carbonyl (C=O) groups is 2. The van der Waals surface area contributed by atoms with Gasteiger partial charge in [-0.1, -0.05) is 11.6 Å². The van der Waals surface area contributed by atoms with E-state index in [1.165, 1.54) is 29.2 Å². The Hall–Kier alpha value is -3.12. The molecular formula is C31H35ClFN5O4S. The van der Waals surface area contributed by atoms with Crippen molar-refractivity contribution in [3.05, 3.63) is 72.8 Å². The van der Waals surface area contributed by atoms with Gasteiger partial charge in [0.2, 0.25) is 0 Å². The van der Waals surface area contributed by atoms with Gasteiger partial charge in [-0.3, -0.25) is 14.3 Å². The minimum atomic E-state index is -0.954. The highest BCUT2D eigenvalue weighted by molar-refractivity contribution is 7.95. The molecule has 0 aliphatic carbocycles. The fourth-order valence-electron chi connectivity index (χ4n) is 6.30. The van der Waals surface area contributed by atoms with Gasteiger partial charge in [0.15, 0.2) is 5.82 Å². The van der Waals surface area contributed by atoms with Gasteiger partial charge in [-0.05, 0) is 69.5 Å². The predicted molar refractivity (Wildman–Crippen MR) is 167 cm³/mol. The topological polar surface area (TPSA) is 89.3 Å². The van der Waals surface area contributed by atoms with E-state index in [-0.39, 0.29) is 17.7 Å². The minimum Gasteiger partial charge on any atom is -0.422 e. The standard InChI is InChI=1S/C31H35ClFN5O4S/c1-18-16-24(36-14-12-35(3)13-15-36)19(2)28-25(18)20-8-11-37(17-23(20)31(41)42-28)30(40)22-7-6-21(26(32)27(22)33)29(39)34-43-38-9-4-5-10-38/h6-7,16H,4-5,8-15,17H2,1-3H3,(H,34,39). The molecule has 2 fully saturated rings. The number of likely N-dealkylation sites (N-methyl/N-ethyl adjacent to an activating group) is 1. The second-order valence-electron chi connectivity index (χ2n) is 11.6. The first-order valence-electron chi connectivity index (χ1n) is 14.7. The molecule has 3 aromatic rings. The molecule has 2 saturated heterocycles. The lowest BCUT2D eigenvalue weighted by Crippen LogP contribution is -2.44. The second-order valence-corrected chi connectivity index (χ2v) is 12.9. The first-order chi connectivity index (χ1) is 20.6. The van der Waals surface area contributed by atoms with Crippen molar-refractivity contribution >= 4 is 52.2 Å². The predicted octanol–water partition coefficient (Wildman–Crippen LogP) is 4.54.